The molecule has 0 bridgehead atoms. The Kier molecular flexibility index (Phi) is 5.53. The van der Waals surface area contributed by atoms with Crippen LogP contribution < -0.4 is 10.6 Å². The molecule has 0 amide bonds. The van der Waals surface area contributed by atoms with Gasteiger partial charge in [-0.05, 0) is 54.4 Å². The van der Waals surface area contributed by atoms with Crippen LogP contribution in [0.4, 0.5) is 0 Å². The van der Waals surface area contributed by atoms with Gasteiger partial charge in [-0.3, -0.25) is 0 Å². The third-order valence-corrected chi connectivity index (χ3v) is 5.63. The molecule has 0 aliphatic rings. The van der Waals surface area contributed by atoms with Gasteiger partial charge < -0.3 is 10.2 Å². The van der Waals surface area contributed by atoms with Crippen LogP contribution in [0.25, 0.3) is 0 Å². The number of phenolic OH excluding ortho intramolecular Hbond substituents is 1. The zero-order valence-corrected chi connectivity index (χ0v) is 15.5. The second-order valence-electron chi connectivity index (χ2n) is 6.41. The van der Waals surface area contributed by atoms with E-state index in [1.165, 1.54) is 11.1 Å². The first-order chi connectivity index (χ1) is 12.0. The Hall–Kier alpha value is -2.15. The number of phenols is 1. The standard InChI is InChI=1S/C22H23O2P/c1-15-8-11-21(19(12-15)16(2)23)25-22-14-18(9-10-20(22)24)13-17-6-4-3-5-7-17/h3-12,14,16,23-25H,13H2,1-2H3. The van der Waals surface area contributed by atoms with Crippen molar-refractivity contribution < 1.29 is 10.2 Å². The average molecular weight is 350 g/mol. The van der Waals surface area contributed by atoms with Crippen molar-refractivity contribution in [3.63, 3.8) is 0 Å². The van der Waals surface area contributed by atoms with Crippen molar-refractivity contribution in [3.8, 4) is 5.75 Å². The van der Waals surface area contributed by atoms with Gasteiger partial charge in [0.2, 0.25) is 0 Å². The molecular formula is C22H23O2P. The lowest BCUT2D eigenvalue weighted by atomic mass is 10.1. The van der Waals surface area contributed by atoms with E-state index >= 15 is 0 Å². The summed E-state index contributed by atoms with van der Waals surface area (Å²) < 4.78 is 0. The molecule has 0 fully saturated rings. The third-order valence-electron chi connectivity index (χ3n) is 4.24. The van der Waals surface area contributed by atoms with E-state index in [0.29, 0.717) is 14.3 Å². The molecule has 3 aromatic rings. The maximum absolute atomic E-state index is 10.3. The number of aryl methyl sites for hydroxylation is 1. The van der Waals surface area contributed by atoms with Crippen LogP contribution in [-0.4, -0.2) is 10.2 Å². The molecule has 3 rings (SSSR count). The summed E-state index contributed by atoms with van der Waals surface area (Å²) in [6.07, 6.45) is 0.326. The highest BCUT2D eigenvalue weighted by Gasteiger charge is 2.12. The zero-order valence-electron chi connectivity index (χ0n) is 14.5. The van der Waals surface area contributed by atoms with Gasteiger partial charge in [0.25, 0.3) is 0 Å². The average Bonchev–Trinajstić information content (AvgIpc) is 2.60. The Bertz CT molecular complexity index is 857. The fourth-order valence-corrected chi connectivity index (χ4v) is 4.26. The molecule has 0 aromatic heterocycles. The molecule has 2 atom stereocenters. The number of hydrogen-bond donors (Lipinski definition) is 2. The summed E-state index contributed by atoms with van der Waals surface area (Å²) in [5.41, 5.74) is 4.50. The van der Waals surface area contributed by atoms with E-state index in [1.54, 1.807) is 13.0 Å². The summed E-state index contributed by atoms with van der Waals surface area (Å²) in [5, 5.41) is 22.4. The monoisotopic (exact) mass is 350 g/mol. The molecule has 128 valence electrons. The summed E-state index contributed by atoms with van der Waals surface area (Å²) in [7, 11) is 0.311. The maximum Gasteiger partial charge on any atom is 0.123 e. The minimum Gasteiger partial charge on any atom is -0.507 e. The van der Waals surface area contributed by atoms with Crippen molar-refractivity contribution in [2.45, 2.75) is 26.4 Å². The second-order valence-corrected chi connectivity index (χ2v) is 7.73. The second kappa shape index (κ2) is 7.82. The molecule has 0 saturated carbocycles. The molecule has 0 aliphatic heterocycles. The van der Waals surface area contributed by atoms with E-state index < -0.39 is 6.10 Å². The molecule has 2 N–H and O–H groups in total. The number of hydrogen-bond acceptors (Lipinski definition) is 2. The van der Waals surface area contributed by atoms with E-state index in [4.69, 9.17) is 0 Å². The smallest absolute Gasteiger partial charge is 0.123 e. The van der Waals surface area contributed by atoms with Gasteiger partial charge in [-0.1, -0.05) is 68.7 Å². The van der Waals surface area contributed by atoms with Crippen LogP contribution in [0.5, 0.6) is 5.75 Å². The van der Waals surface area contributed by atoms with Crippen LogP contribution in [0.3, 0.4) is 0 Å². The van der Waals surface area contributed by atoms with Crippen molar-refractivity contribution in [1.29, 1.82) is 0 Å². The van der Waals surface area contributed by atoms with Gasteiger partial charge in [0.05, 0.1) is 6.10 Å². The van der Waals surface area contributed by atoms with E-state index in [1.807, 2.05) is 37.3 Å². The molecule has 0 aliphatic carbocycles. The molecule has 25 heavy (non-hydrogen) atoms. The summed E-state index contributed by atoms with van der Waals surface area (Å²) in [6.45, 7) is 3.81. The Labute approximate surface area is 151 Å². The highest BCUT2D eigenvalue weighted by molar-refractivity contribution is 7.55. The van der Waals surface area contributed by atoms with Crippen LogP contribution >= 0.6 is 8.58 Å². The van der Waals surface area contributed by atoms with Crippen LogP contribution in [0.2, 0.25) is 0 Å². The molecular weight excluding hydrogens is 327 g/mol. The number of rotatable bonds is 5. The van der Waals surface area contributed by atoms with Crippen molar-refractivity contribution in [2.75, 3.05) is 0 Å². The predicted molar refractivity (Wildman–Crippen MR) is 107 cm³/mol. The lowest BCUT2D eigenvalue weighted by Gasteiger charge is -2.15. The van der Waals surface area contributed by atoms with Gasteiger partial charge in [0.1, 0.15) is 5.75 Å². The van der Waals surface area contributed by atoms with Gasteiger partial charge in [-0.15, -0.1) is 0 Å². The molecule has 0 spiro atoms. The van der Waals surface area contributed by atoms with Gasteiger partial charge >= 0.3 is 0 Å². The molecule has 0 saturated heterocycles. The van der Waals surface area contributed by atoms with E-state index in [2.05, 4.69) is 30.3 Å². The van der Waals surface area contributed by atoms with E-state index in [-0.39, 0.29) is 0 Å². The summed E-state index contributed by atoms with van der Waals surface area (Å²) >= 11 is 0. The highest BCUT2D eigenvalue weighted by atomic mass is 31.1. The fourth-order valence-electron chi connectivity index (χ4n) is 2.91. The van der Waals surface area contributed by atoms with E-state index in [9.17, 15) is 10.2 Å². The van der Waals surface area contributed by atoms with Gasteiger partial charge in [-0.2, -0.15) is 0 Å². The van der Waals surface area contributed by atoms with Crippen LogP contribution in [-0.2, 0) is 6.42 Å². The first-order valence-corrected chi connectivity index (χ1v) is 9.44. The Morgan fingerprint density at radius 1 is 0.880 bits per heavy atom. The third kappa shape index (κ3) is 4.48. The zero-order chi connectivity index (χ0) is 17.8. The van der Waals surface area contributed by atoms with Crippen molar-refractivity contribution >= 4 is 19.2 Å². The highest BCUT2D eigenvalue weighted by Crippen LogP contribution is 2.25. The lowest BCUT2D eigenvalue weighted by Crippen LogP contribution is -2.12. The van der Waals surface area contributed by atoms with Crippen LogP contribution in [0, 0.1) is 6.92 Å². The topological polar surface area (TPSA) is 40.5 Å². The Balaban J connectivity index is 1.89. The molecule has 3 aromatic carbocycles. The first kappa shape index (κ1) is 17.7. The Morgan fingerprint density at radius 3 is 2.36 bits per heavy atom. The van der Waals surface area contributed by atoms with Crippen LogP contribution in [0.1, 0.15) is 35.3 Å². The largest absolute Gasteiger partial charge is 0.507 e. The summed E-state index contributed by atoms with van der Waals surface area (Å²) in [5.74, 6) is 0.312. The van der Waals surface area contributed by atoms with Crippen molar-refractivity contribution in [3.05, 3.63) is 89.0 Å². The number of aromatic hydroxyl groups is 1. The normalized spacial score (nSPS) is 12.6. The SMILES string of the molecule is Cc1ccc(Pc2cc(Cc3ccccc3)ccc2O)c(C(C)O)c1. The quantitative estimate of drug-likeness (QED) is 0.684. The summed E-state index contributed by atoms with van der Waals surface area (Å²) in [6, 6.07) is 22.3. The first-order valence-electron chi connectivity index (χ1n) is 8.44. The van der Waals surface area contributed by atoms with Gasteiger partial charge in [0, 0.05) is 5.30 Å². The maximum atomic E-state index is 10.3. The lowest BCUT2D eigenvalue weighted by molar-refractivity contribution is 0.200. The van der Waals surface area contributed by atoms with Gasteiger partial charge in [-0.25, -0.2) is 0 Å². The molecule has 2 nitrogen and oxygen atoms in total. The minimum absolute atomic E-state index is 0.311. The van der Waals surface area contributed by atoms with Crippen molar-refractivity contribution in [1.82, 2.24) is 0 Å². The number of aliphatic hydroxyl groups is 1. The molecule has 2 unspecified atom stereocenters. The summed E-state index contributed by atoms with van der Waals surface area (Å²) in [4.78, 5) is 0. The fraction of sp³-hybridized carbons (Fsp3) is 0.182. The molecule has 0 radical (unpaired) electrons. The van der Waals surface area contributed by atoms with Gasteiger partial charge in [0.15, 0.2) is 0 Å². The number of aliphatic hydroxyl groups excluding tert-OH is 1. The molecule has 3 heteroatoms. The Morgan fingerprint density at radius 2 is 1.64 bits per heavy atom. The van der Waals surface area contributed by atoms with Crippen molar-refractivity contribution in [2.24, 2.45) is 0 Å². The van der Waals surface area contributed by atoms with E-state index in [0.717, 1.165) is 28.2 Å². The molecule has 0 heterocycles. The minimum atomic E-state index is -0.517. The number of benzene rings is 3. The predicted octanol–water partition coefficient (Wildman–Crippen LogP) is 3.97. The van der Waals surface area contributed by atoms with Crippen LogP contribution in [0.15, 0.2) is 66.7 Å².